The second-order valence-electron chi connectivity index (χ2n) is 9.22. The van der Waals surface area contributed by atoms with Gasteiger partial charge in [0.2, 0.25) is 11.0 Å². The van der Waals surface area contributed by atoms with Crippen LogP contribution in [0.4, 0.5) is 15.8 Å². The molecule has 2 aliphatic rings. The minimum absolute atomic E-state index is 0. The van der Waals surface area contributed by atoms with Crippen molar-refractivity contribution in [1.82, 2.24) is 9.62 Å². The van der Waals surface area contributed by atoms with Gasteiger partial charge in [-0.1, -0.05) is 0 Å². The molecule has 2 heterocycles. The number of fused-ring (bicyclic) bond motifs is 1. The molecule has 0 saturated carbocycles. The summed E-state index contributed by atoms with van der Waals surface area (Å²) in [6, 6.07) is 10.9. The fourth-order valence-corrected chi connectivity index (χ4v) is 6.13. The van der Waals surface area contributed by atoms with Crippen LogP contribution < -0.4 is 20.3 Å². The van der Waals surface area contributed by atoms with Crippen molar-refractivity contribution < 1.29 is 20.5 Å². The smallest absolute Gasteiger partial charge is 0.263 e. The van der Waals surface area contributed by atoms with Gasteiger partial charge >= 0.3 is 0 Å². The number of benzene rings is 2. The molecule has 1 fully saturated rings. The van der Waals surface area contributed by atoms with Crippen LogP contribution in [0.15, 0.2) is 52.4 Å². The van der Waals surface area contributed by atoms with E-state index in [2.05, 4.69) is 19.5 Å². The number of anilines is 2. The van der Waals surface area contributed by atoms with Crippen LogP contribution in [-0.4, -0.2) is 68.9 Å². The van der Waals surface area contributed by atoms with Gasteiger partial charge in [-0.25, -0.2) is 17.8 Å². The number of nitrogens with one attached hydrogen (secondary N) is 1. The summed E-state index contributed by atoms with van der Waals surface area (Å²) in [4.78, 5) is 23.2. The summed E-state index contributed by atoms with van der Waals surface area (Å²) in [5.74, 6) is -0.0428. The first-order chi connectivity index (χ1) is 17.5. The van der Waals surface area contributed by atoms with Crippen LogP contribution in [0.3, 0.4) is 0 Å². The number of carbonyl (C=O) groups is 1. The zero-order valence-electron chi connectivity index (χ0n) is 20.9. The second kappa shape index (κ2) is 11.0. The van der Waals surface area contributed by atoms with Crippen molar-refractivity contribution in [3.05, 3.63) is 53.8 Å². The van der Waals surface area contributed by atoms with Gasteiger partial charge in [-0.3, -0.25) is 9.52 Å². The van der Waals surface area contributed by atoms with Crippen molar-refractivity contribution in [2.45, 2.75) is 37.6 Å². The second-order valence-corrected chi connectivity index (χ2v) is 11.3. The van der Waals surface area contributed by atoms with Gasteiger partial charge in [0.25, 0.3) is 10.0 Å². The molecule has 202 valence electrons. The zero-order chi connectivity index (χ0) is 26.7. The molecule has 0 aliphatic carbocycles. The molecule has 0 spiro atoms. The third kappa shape index (κ3) is 6.19. The first-order valence-electron chi connectivity index (χ1n) is 12.1. The lowest BCUT2D eigenvalue weighted by molar-refractivity contribution is -0.132. The normalized spacial score (nSPS) is 17.3. The fraction of sp³-hybridized carbons (Fsp3) is 0.400. The van der Waals surface area contributed by atoms with Crippen LogP contribution in [-0.2, 0) is 21.2 Å². The average molecular weight is 551 g/mol. The Balaban J connectivity index is 0.00000267. The Morgan fingerprint density at radius 1 is 1.14 bits per heavy atom. The summed E-state index contributed by atoms with van der Waals surface area (Å²) in [7, 11) is -3.87. The Hall–Kier alpha value is -3.25. The number of rotatable bonds is 5. The van der Waals surface area contributed by atoms with Gasteiger partial charge < -0.3 is 20.4 Å². The van der Waals surface area contributed by atoms with Crippen LogP contribution in [0.1, 0.15) is 28.7 Å². The Morgan fingerprint density at radius 3 is 2.46 bits per heavy atom. The lowest BCUT2D eigenvalue weighted by Gasteiger charge is -2.41. The van der Waals surface area contributed by atoms with Crippen LogP contribution in [0.5, 0.6) is 0 Å². The van der Waals surface area contributed by atoms with Gasteiger partial charge in [-0.2, -0.15) is 0 Å². The van der Waals surface area contributed by atoms with Gasteiger partial charge in [0, 0.05) is 47.0 Å². The lowest BCUT2D eigenvalue weighted by atomic mass is 9.99. The van der Waals surface area contributed by atoms with Crippen molar-refractivity contribution in [2.24, 2.45) is 10.7 Å². The molecule has 12 heteroatoms. The van der Waals surface area contributed by atoms with E-state index >= 15 is 0 Å². The standard InChI is InChI=1S/C25H31FN6O3S2.2H2/c1-17(32-11-3-4-19-16-20(26)5-10-23(19)32)24(33)31-14-12-30(13-15-31)21-6-8-22(9-7-21)37(34,35)29-25(36)28-18(2)27;;/h5-10,16-17H,3-4,11-15H2,1-2H3,(H3,27,28,29,36);2*1H/t17-;;/m1../s1. The molecule has 0 aromatic heterocycles. The molecular weight excluding hydrogens is 515 g/mol. The lowest BCUT2D eigenvalue weighted by Crippen LogP contribution is -2.55. The molecule has 9 nitrogen and oxygen atoms in total. The van der Waals surface area contributed by atoms with Crippen molar-refractivity contribution >= 4 is 50.5 Å². The first-order valence-corrected chi connectivity index (χ1v) is 14.0. The van der Waals surface area contributed by atoms with E-state index in [9.17, 15) is 17.6 Å². The number of aliphatic imine (C=N–C) groups is 1. The topological polar surface area (TPSA) is 111 Å². The number of hydrogen-bond acceptors (Lipinski definition) is 6. The highest BCUT2D eigenvalue weighted by Gasteiger charge is 2.31. The largest absolute Gasteiger partial charge is 0.387 e. The number of aryl methyl sites for hydroxylation is 1. The molecule has 3 N–H and O–H groups in total. The number of piperazine rings is 1. The van der Waals surface area contributed by atoms with Crippen molar-refractivity contribution in [1.29, 1.82) is 0 Å². The summed E-state index contributed by atoms with van der Waals surface area (Å²) in [5, 5.41) is -0.223. The molecule has 1 amide bonds. The molecule has 2 aliphatic heterocycles. The van der Waals surface area contributed by atoms with Gasteiger partial charge in [0.05, 0.1) is 10.7 Å². The molecule has 0 radical (unpaired) electrons. The highest BCUT2D eigenvalue weighted by Crippen LogP contribution is 2.30. The van der Waals surface area contributed by atoms with Gasteiger partial charge in [0.15, 0.2) is 0 Å². The van der Waals surface area contributed by atoms with Crippen molar-refractivity contribution in [3.8, 4) is 0 Å². The predicted molar refractivity (Wildman–Crippen MR) is 151 cm³/mol. The number of thiocarbonyl (C=S) groups is 1. The molecule has 2 aromatic carbocycles. The number of amides is 1. The van der Waals surface area contributed by atoms with Crippen molar-refractivity contribution in [2.75, 3.05) is 42.5 Å². The molecule has 0 unspecified atom stereocenters. The Labute approximate surface area is 225 Å². The number of halogens is 1. The number of nitrogens with zero attached hydrogens (tertiary/aromatic N) is 4. The monoisotopic (exact) mass is 550 g/mol. The number of amidine groups is 1. The van der Waals surface area contributed by atoms with Crippen LogP contribution in [0.25, 0.3) is 0 Å². The summed E-state index contributed by atoms with van der Waals surface area (Å²) < 4.78 is 41.0. The maximum atomic E-state index is 13.7. The van der Waals surface area contributed by atoms with E-state index in [4.69, 9.17) is 18.0 Å². The summed E-state index contributed by atoms with van der Waals surface area (Å²) in [5.41, 5.74) is 8.19. The molecule has 4 rings (SSSR count). The molecule has 2 aromatic rings. The molecule has 0 bridgehead atoms. The van der Waals surface area contributed by atoms with E-state index in [1.807, 2.05) is 11.8 Å². The number of sulfonamides is 1. The van der Waals surface area contributed by atoms with E-state index in [1.54, 1.807) is 24.3 Å². The van der Waals surface area contributed by atoms with Gasteiger partial charge in [-0.05, 0) is 86.9 Å². The maximum Gasteiger partial charge on any atom is 0.263 e. The zero-order valence-corrected chi connectivity index (χ0v) is 22.5. The number of nitrogens with two attached hydrogens (primary N) is 1. The van der Waals surface area contributed by atoms with E-state index in [-0.39, 0.29) is 36.5 Å². The Bertz CT molecular complexity index is 1320. The minimum atomic E-state index is -3.87. The molecular formula is C25H35FN6O3S2. The Kier molecular flexibility index (Phi) is 7.98. The van der Waals surface area contributed by atoms with E-state index in [0.717, 1.165) is 36.3 Å². The third-order valence-corrected chi connectivity index (χ3v) is 8.30. The van der Waals surface area contributed by atoms with Gasteiger partial charge in [0.1, 0.15) is 11.9 Å². The van der Waals surface area contributed by atoms with E-state index < -0.39 is 10.0 Å². The van der Waals surface area contributed by atoms with Crippen LogP contribution in [0, 0.1) is 5.82 Å². The highest BCUT2D eigenvalue weighted by molar-refractivity contribution is 7.91. The minimum Gasteiger partial charge on any atom is -0.387 e. The van der Waals surface area contributed by atoms with Crippen LogP contribution >= 0.6 is 12.2 Å². The predicted octanol–water partition coefficient (Wildman–Crippen LogP) is 2.75. The third-order valence-electron chi connectivity index (χ3n) is 6.62. The van der Waals surface area contributed by atoms with Gasteiger partial charge in [-0.15, -0.1) is 0 Å². The average Bonchev–Trinajstić information content (AvgIpc) is 2.86. The quantitative estimate of drug-likeness (QED) is 0.335. The molecule has 1 atom stereocenters. The Morgan fingerprint density at radius 2 is 1.81 bits per heavy atom. The van der Waals surface area contributed by atoms with Crippen molar-refractivity contribution in [3.63, 3.8) is 0 Å². The first kappa shape index (κ1) is 26.8. The number of carbonyl (C=O) groups excluding carboxylic acids is 1. The molecule has 37 heavy (non-hydrogen) atoms. The summed E-state index contributed by atoms with van der Waals surface area (Å²) >= 11 is 4.91. The summed E-state index contributed by atoms with van der Waals surface area (Å²) in [6.45, 7) is 6.54. The summed E-state index contributed by atoms with van der Waals surface area (Å²) in [6.07, 6.45) is 1.70. The van der Waals surface area contributed by atoms with E-state index in [1.165, 1.54) is 25.1 Å². The number of hydrogen-bond donors (Lipinski definition) is 2. The fourth-order valence-electron chi connectivity index (χ4n) is 4.77. The highest BCUT2D eigenvalue weighted by atomic mass is 32.2. The van der Waals surface area contributed by atoms with E-state index in [0.29, 0.717) is 26.2 Å². The van der Waals surface area contributed by atoms with Crippen LogP contribution in [0.2, 0.25) is 0 Å². The maximum absolute atomic E-state index is 13.7. The SMILES string of the molecule is CC(N)=NC(=S)NS(=O)(=O)c1ccc(N2CCN(C(=O)[C@@H](C)N3CCCc4cc(F)ccc43)CC2)cc1.[HH].[HH]. The molecule has 1 saturated heterocycles.